The van der Waals surface area contributed by atoms with Crippen LogP contribution < -0.4 is 5.73 Å². The average Bonchev–Trinajstić information content (AvgIpc) is 2.76. The quantitative estimate of drug-likeness (QED) is 0.832. The molecule has 2 aromatic heterocycles. The van der Waals surface area contributed by atoms with Crippen LogP contribution in [0.1, 0.15) is 17.0 Å². The van der Waals surface area contributed by atoms with Crippen LogP contribution in [0.3, 0.4) is 0 Å². The lowest BCUT2D eigenvalue weighted by Gasteiger charge is -2.07. The minimum Gasteiger partial charge on any atom is -0.346 e. The first kappa shape index (κ1) is 10.4. The first-order valence-corrected chi connectivity index (χ1v) is 5.02. The summed E-state index contributed by atoms with van der Waals surface area (Å²) in [4.78, 5) is 3.93. The topological polar surface area (TPSA) is 67.6 Å². The summed E-state index contributed by atoms with van der Waals surface area (Å²) in [6, 6.07) is 9.69. The summed E-state index contributed by atoms with van der Waals surface area (Å²) in [5, 5.41) is 8.75. The molecule has 0 spiro atoms. The van der Waals surface area contributed by atoms with E-state index in [-0.39, 0.29) is 0 Å². The van der Waals surface area contributed by atoms with Gasteiger partial charge in [0.2, 0.25) is 0 Å². The third-order valence-electron chi connectivity index (χ3n) is 2.42. The molecule has 0 bridgehead atoms. The number of nitrogens with zero attached hydrogens (tertiary/aromatic N) is 3. The summed E-state index contributed by atoms with van der Waals surface area (Å²) in [6.45, 7) is 1.24. The molecule has 4 nitrogen and oxygen atoms in total. The van der Waals surface area contributed by atoms with Gasteiger partial charge in [-0.1, -0.05) is 0 Å². The van der Waals surface area contributed by atoms with Gasteiger partial charge in [-0.3, -0.25) is 0 Å². The zero-order valence-corrected chi connectivity index (χ0v) is 8.80. The van der Waals surface area contributed by atoms with Crippen LogP contribution in [0.2, 0.25) is 0 Å². The maximum atomic E-state index is 8.75. The van der Waals surface area contributed by atoms with Gasteiger partial charge in [-0.25, -0.2) is 4.98 Å². The van der Waals surface area contributed by atoms with Gasteiger partial charge >= 0.3 is 0 Å². The number of aromatic nitrogens is 2. The Labute approximate surface area is 94.0 Å². The van der Waals surface area contributed by atoms with Crippen LogP contribution in [0.25, 0.3) is 0 Å². The lowest BCUT2D eigenvalue weighted by Crippen LogP contribution is -2.07. The number of rotatable bonds is 3. The van der Waals surface area contributed by atoms with E-state index in [0.29, 0.717) is 12.2 Å². The van der Waals surface area contributed by atoms with Crippen molar-refractivity contribution < 1.29 is 0 Å². The zero-order chi connectivity index (χ0) is 11.4. The molecule has 0 amide bonds. The second-order valence-corrected chi connectivity index (χ2v) is 3.49. The van der Waals surface area contributed by atoms with Crippen molar-refractivity contribution in [2.75, 3.05) is 0 Å². The van der Waals surface area contributed by atoms with Crippen LogP contribution in [0, 0.1) is 11.3 Å². The van der Waals surface area contributed by atoms with Crippen molar-refractivity contribution in [2.24, 2.45) is 5.73 Å². The highest BCUT2D eigenvalue weighted by molar-refractivity contribution is 5.26. The molecule has 2 heterocycles. The maximum Gasteiger partial charge on any atom is 0.140 e. The molecule has 2 N–H and O–H groups in total. The smallest absolute Gasteiger partial charge is 0.140 e. The van der Waals surface area contributed by atoms with E-state index >= 15 is 0 Å². The van der Waals surface area contributed by atoms with Crippen LogP contribution >= 0.6 is 0 Å². The van der Waals surface area contributed by atoms with Crippen molar-refractivity contribution in [2.45, 2.75) is 13.1 Å². The Balaban J connectivity index is 2.24. The van der Waals surface area contributed by atoms with E-state index in [1.807, 2.05) is 30.5 Å². The molecule has 2 aromatic rings. The highest BCUT2D eigenvalue weighted by Crippen LogP contribution is 2.07. The van der Waals surface area contributed by atoms with E-state index in [9.17, 15) is 0 Å². The van der Waals surface area contributed by atoms with Crippen molar-refractivity contribution in [3.8, 4) is 6.07 Å². The number of nitriles is 1. The molecule has 80 valence electrons. The summed E-state index contributed by atoms with van der Waals surface area (Å²) in [5.74, 6) is 0. The fourth-order valence-electron chi connectivity index (χ4n) is 1.62. The van der Waals surface area contributed by atoms with E-state index < -0.39 is 0 Å². The molecule has 0 fully saturated rings. The van der Waals surface area contributed by atoms with Crippen LogP contribution in [-0.2, 0) is 13.1 Å². The Morgan fingerprint density at radius 3 is 3.06 bits per heavy atom. The molecule has 0 aliphatic heterocycles. The van der Waals surface area contributed by atoms with Crippen molar-refractivity contribution in [1.82, 2.24) is 9.55 Å². The Bertz CT molecular complexity index is 522. The molecule has 0 saturated heterocycles. The predicted octanol–water partition coefficient (Wildman–Crippen LogP) is 1.26. The van der Waals surface area contributed by atoms with E-state index in [2.05, 4.69) is 9.55 Å². The standard InChI is InChI=1S/C12H12N4/c13-7-11-6-10(3-4-15-11)9-16-5-1-2-12(16)8-14/h1-6H,8-9,14H2. The van der Waals surface area contributed by atoms with Gasteiger partial charge in [0.15, 0.2) is 0 Å². The predicted molar refractivity (Wildman–Crippen MR) is 60.4 cm³/mol. The third kappa shape index (κ3) is 2.10. The van der Waals surface area contributed by atoms with Gasteiger partial charge in [0.25, 0.3) is 0 Å². The minimum atomic E-state index is 0.443. The van der Waals surface area contributed by atoms with E-state index in [0.717, 1.165) is 17.8 Å². The lowest BCUT2D eigenvalue weighted by molar-refractivity contribution is 0.742. The minimum absolute atomic E-state index is 0.443. The Morgan fingerprint density at radius 1 is 1.44 bits per heavy atom. The number of nitrogens with two attached hydrogens (primary N) is 1. The normalized spacial score (nSPS) is 10.0. The first-order chi connectivity index (χ1) is 7.83. The second-order valence-electron chi connectivity index (χ2n) is 3.49. The molecule has 0 aliphatic rings. The first-order valence-electron chi connectivity index (χ1n) is 5.02. The van der Waals surface area contributed by atoms with Crippen molar-refractivity contribution >= 4 is 0 Å². The molecule has 16 heavy (non-hydrogen) atoms. The zero-order valence-electron chi connectivity index (χ0n) is 8.80. The number of pyridine rings is 1. The molecule has 0 aliphatic carbocycles. The van der Waals surface area contributed by atoms with Gasteiger partial charge in [-0.05, 0) is 29.8 Å². The van der Waals surface area contributed by atoms with Crippen LogP contribution in [0.5, 0.6) is 0 Å². The van der Waals surface area contributed by atoms with Gasteiger partial charge in [0.1, 0.15) is 11.8 Å². The van der Waals surface area contributed by atoms with E-state index in [1.54, 1.807) is 12.3 Å². The molecular weight excluding hydrogens is 200 g/mol. The van der Waals surface area contributed by atoms with Gasteiger partial charge in [0.05, 0.1) is 0 Å². The molecule has 0 saturated carbocycles. The average molecular weight is 212 g/mol. The van der Waals surface area contributed by atoms with Crippen molar-refractivity contribution in [1.29, 1.82) is 5.26 Å². The van der Waals surface area contributed by atoms with Gasteiger partial charge in [-0.15, -0.1) is 0 Å². The molecule has 0 unspecified atom stereocenters. The summed E-state index contributed by atoms with van der Waals surface area (Å²) in [7, 11) is 0. The Hall–Kier alpha value is -2.12. The third-order valence-corrected chi connectivity index (χ3v) is 2.42. The van der Waals surface area contributed by atoms with Crippen LogP contribution in [-0.4, -0.2) is 9.55 Å². The number of hydrogen-bond donors (Lipinski definition) is 1. The highest BCUT2D eigenvalue weighted by Gasteiger charge is 2.01. The molecular formula is C12H12N4. The number of hydrogen-bond acceptors (Lipinski definition) is 3. The van der Waals surface area contributed by atoms with E-state index in [1.165, 1.54) is 0 Å². The van der Waals surface area contributed by atoms with Crippen molar-refractivity contribution in [3.63, 3.8) is 0 Å². The molecule has 0 radical (unpaired) electrons. The van der Waals surface area contributed by atoms with Gasteiger partial charge < -0.3 is 10.3 Å². The molecule has 0 aromatic carbocycles. The Kier molecular flexibility index (Phi) is 2.99. The molecule has 2 rings (SSSR count). The van der Waals surface area contributed by atoms with Crippen LogP contribution in [0.4, 0.5) is 0 Å². The Morgan fingerprint density at radius 2 is 2.31 bits per heavy atom. The largest absolute Gasteiger partial charge is 0.346 e. The molecule has 4 heteroatoms. The monoisotopic (exact) mass is 212 g/mol. The van der Waals surface area contributed by atoms with E-state index in [4.69, 9.17) is 11.0 Å². The maximum absolute atomic E-state index is 8.75. The summed E-state index contributed by atoms with van der Waals surface area (Å²) in [5.41, 5.74) is 8.19. The molecule has 0 atom stereocenters. The summed E-state index contributed by atoms with van der Waals surface area (Å²) >= 11 is 0. The van der Waals surface area contributed by atoms with Crippen molar-refractivity contribution in [3.05, 3.63) is 53.6 Å². The van der Waals surface area contributed by atoms with Gasteiger partial charge in [-0.2, -0.15) is 5.26 Å². The summed E-state index contributed by atoms with van der Waals surface area (Å²) < 4.78 is 2.07. The summed E-state index contributed by atoms with van der Waals surface area (Å²) in [6.07, 6.45) is 3.63. The van der Waals surface area contributed by atoms with Crippen LogP contribution in [0.15, 0.2) is 36.7 Å². The fourth-order valence-corrected chi connectivity index (χ4v) is 1.62. The highest BCUT2D eigenvalue weighted by atomic mass is 15.0. The lowest BCUT2D eigenvalue weighted by atomic mass is 10.2. The fraction of sp³-hybridized carbons (Fsp3) is 0.167. The SMILES string of the molecule is N#Cc1cc(Cn2cccc2CN)ccn1. The second kappa shape index (κ2) is 4.60. The van der Waals surface area contributed by atoms with Gasteiger partial charge in [0, 0.05) is 31.2 Å².